The standard InChI is InChI=1S/C25H23BrN4O2.C25H22Cl2N4O2.C25H23ClN4O2/c1-16-3-4-19(21(13-16)25(32)29-23-10-9-20(26)15-28-23)14-22(31)17-5-7-18(8-6-17)24-27-11-12-30(24)2;1-15-11-20(25(33)30-23-8-7-18(26)14-29-23)19(21(27)12-15)13-22(32)16-3-5-17(6-4-16)24-28-9-10-31(24)2;1-16-3-4-19(21(13-16)25(32)29-23-10-9-20(26)15-28-23)14-22(31)17-5-7-18(8-6-17)24-27-11-12-30(24)2/h3-10,13,15H,11-12,14H2,1-2H3,(H,28,29,32);3-8,11-12,14H,9-10,13H2,1-2H3,(H,29,30,33);3-10,13,15H,11-12,14H2,1-2H3,(H,28,29,32). The maximum atomic E-state index is 13.1. The molecule has 22 heteroatoms. The van der Waals surface area contributed by atoms with E-state index in [0.29, 0.717) is 82.6 Å². The van der Waals surface area contributed by atoms with Crippen LogP contribution in [0.25, 0.3) is 0 Å². The highest BCUT2D eigenvalue weighted by Crippen LogP contribution is 2.28. The first-order valence-electron chi connectivity index (χ1n) is 31.1. The van der Waals surface area contributed by atoms with Gasteiger partial charge in [-0.3, -0.25) is 43.7 Å². The molecule has 3 aliphatic rings. The van der Waals surface area contributed by atoms with E-state index >= 15 is 0 Å². The normalized spacial score (nSPS) is 13.1. The Morgan fingerprint density at radius 3 is 1.10 bits per heavy atom. The Bertz CT molecular complexity index is 4340. The van der Waals surface area contributed by atoms with Gasteiger partial charge in [-0.05, 0) is 120 Å². The fourth-order valence-corrected chi connectivity index (χ4v) is 11.7. The number of ketones is 3. The van der Waals surface area contributed by atoms with Crippen LogP contribution in [-0.2, 0) is 19.3 Å². The molecule has 0 atom stereocenters. The van der Waals surface area contributed by atoms with Crippen molar-refractivity contribution in [2.24, 2.45) is 15.0 Å². The summed E-state index contributed by atoms with van der Waals surface area (Å²) in [6.07, 6.45) is 4.79. The van der Waals surface area contributed by atoms with Crippen molar-refractivity contribution in [3.05, 3.63) is 279 Å². The quantitative estimate of drug-likeness (QED) is 0.0682. The van der Waals surface area contributed by atoms with E-state index in [4.69, 9.17) is 34.8 Å². The van der Waals surface area contributed by atoms with Gasteiger partial charge in [0.15, 0.2) is 17.3 Å². The molecule has 0 saturated carbocycles. The van der Waals surface area contributed by atoms with Gasteiger partial charge in [-0.25, -0.2) is 15.0 Å². The number of nitrogens with zero attached hydrogens (tertiary/aromatic N) is 9. The number of anilines is 3. The maximum Gasteiger partial charge on any atom is 0.257 e. The molecule has 18 nitrogen and oxygen atoms in total. The highest BCUT2D eigenvalue weighted by atomic mass is 79.9. The topological polar surface area (TPSA) is 224 Å². The van der Waals surface area contributed by atoms with Crippen LogP contribution in [0.4, 0.5) is 17.5 Å². The van der Waals surface area contributed by atoms with Crippen LogP contribution in [0.2, 0.25) is 15.1 Å². The summed E-state index contributed by atoms with van der Waals surface area (Å²) in [6.45, 7) is 10.7. The lowest BCUT2D eigenvalue weighted by Gasteiger charge is -2.14. The number of nitrogens with one attached hydrogen (secondary N) is 3. The predicted molar refractivity (Wildman–Crippen MR) is 388 cm³/mol. The molecule has 0 saturated heterocycles. The number of aliphatic imine (C=N–C) groups is 3. The molecule has 0 fully saturated rings. The lowest BCUT2D eigenvalue weighted by Crippen LogP contribution is -2.23. The second kappa shape index (κ2) is 32.1. The predicted octanol–water partition coefficient (Wildman–Crippen LogP) is 14.0. The summed E-state index contributed by atoms with van der Waals surface area (Å²) in [5.74, 6) is 2.79. The number of halogens is 4. The summed E-state index contributed by atoms with van der Waals surface area (Å²) < 4.78 is 0.829. The number of amides is 3. The maximum absolute atomic E-state index is 13.1. The number of hydrogen-bond acceptors (Lipinski definition) is 15. The average Bonchev–Trinajstić information content (AvgIpc) is 0.975. The molecule has 3 aliphatic heterocycles. The third-order valence-corrected chi connectivity index (χ3v) is 17.4. The van der Waals surface area contributed by atoms with Crippen molar-refractivity contribution < 1.29 is 28.8 Å². The number of benzene rings is 6. The molecule has 97 heavy (non-hydrogen) atoms. The van der Waals surface area contributed by atoms with E-state index < -0.39 is 5.91 Å². The monoisotopic (exact) mass is 1420 g/mol. The van der Waals surface area contributed by atoms with Crippen LogP contribution in [-0.4, -0.2) is 143 Å². The van der Waals surface area contributed by atoms with Crippen LogP contribution in [0.15, 0.2) is 196 Å². The van der Waals surface area contributed by atoms with E-state index in [0.717, 1.165) is 94.6 Å². The van der Waals surface area contributed by atoms with Crippen molar-refractivity contribution in [3.8, 4) is 0 Å². The number of rotatable bonds is 18. The SMILES string of the molecule is Cc1cc(Cl)c(CC(=O)c2ccc(C3=NCCN3C)cc2)c(C(=O)Nc2ccc(Cl)cn2)c1.Cc1ccc(CC(=O)c2ccc(C3=NCCN3C)cc2)c(C(=O)Nc2ccc(Br)cn2)c1.Cc1ccc(CC(=O)c2ccc(C3=NCCN3C)cc2)c(C(=O)Nc2ccc(Cl)cn2)c1. The zero-order chi connectivity index (χ0) is 68.9. The molecular formula is C75H68BrCl3N12O6. The second-order valence-corrected chi connectivity index (χ2v) is 25.6. The molecular weight excluding hydrogens is 1350 g/mol. The minimum atomic E-state index is -0.393. The Hall–Kier alpha value is -10.1. The molecule has 3 N–H and O–H groups in total. The molecule has 0 bridgehead atoms. The summed E-state index contributed by atoms with van der Waals surface area (Å²) in [5.41, 5.74) is 10.5. The van der Waals surface area contributed by atoms with Crippen molar-refractivity contribution >= 4 is 121 Å². The van der Waals surface area contributed by atoms with Gasteiger partial charge >= 0.3 is 0 Å². The van der Waals surface area contributed by atoms with E-state index in [1.165, 1.54) is 12.4 Å². The second-order valence-electron chi connectivity index (χ2n) is 23.5. The summed E-state index contributed by atoms with van der Waals surface area (Å²) in [4.78, 5) is 110. The molecule has 3 aromatic heterocycles. The molecule has 0 unspecified atom stereocenters. The summed E-state index contributed by atoms with van der Waals surface area (Å²) >= 11 is 21.5. The highest BCUT2D eigenvalue weighted by Gasteiger charge is 2.24. The Balaban J connectivity index is 0.000000158. The number of aromatic nitrogens is 3. The molecule has 6 heterocycles. The van der Waals surface area contributed by atoms with Gasteiger partial charge in [0.05, 0.1) is 29.7 Å². The van der Waals surface area contributed by atoms with Gasteiger partial charge in [-0.1, -0.05) is 143 Å². The van der Waals surface area contributed by atoms with E-state index in [1.54, 1.807) is 72.9 Å². The van der Waals surface area contributed by atoms with Gasteiger partial charge in [0.1, 0.15) is 35.0 Å². The van der Waals surface area contributed by atoms with E-state index in [-0.39, 0.29) is 48.4 Å². The third kappa shape index (κ3) is 18.3. The largest absolute Gasteiger partial charge is 0.358 e. The number of Topliss-reactive ketones (excluding diaryl/α,β-unsaturated/α-hetero) is 3. The Morgan fingerprint density at radius 1 is 0.412 bits per heavy atom. The van der Waals surface area contributed by atoms with E-state index in [9.17, 15) is 28.8 Å². The molecule has 492 valence electrons. The lowest BCUT2D eigenvalue weighted by molar-refractivity contribution is 0.0980. The average molecular weight is 1420 g/mol. The van der Waals surface area contributed by atoms with Gasteiger partial charge in [-0.2, -0.15) is 0 Å². The van der Waals surface area contributed by atoms with E-state index in [2.05, 4.69) is 76.5 Å². The minimum absolute atomic E-state index is 0.00386. The Morgan fingerprint density at radius 2 is 0.763 bits per heavy atom. The molecule has 3 amide bonds. The first-order chi connectivity index (χ1) is 46.6. The highest BCUT2D eigenvalue weighted by molar-refractivity contribution is 9.10. The first kappa shape index (κ1) is 69.8. The van der Waals surface area contributed by atoms with Crippen molar-refractivity contribution in [2.45, 2.75) is 40.0 Å². The number of amidine groups is 3. The summed E-state index contributed by atoms with van der Waals surface area (Å²) in [6, 6.07) is 46.9. The number of pyridine rings is 3. The Labute approximate surface area is 586 Å². The van der Waals surface area contributed by atoms with Gasteiger partial charge in [-0.15, -0.1) is 0 Å². The van der Waals surface area contributed by atoms with Crippen LogP contribution in [0.1, 0.15) is 112 Å². The van der Waals surface area contributed by atoms with Crippen LogP contribution in [0.3, 0.4) is 0 Å². The van der Waals surface area contributed by atoms with Crippen molar-refractivity contribution in [3.63, 3.8) is 0 Å². The number of hydrogen-bond donors (Lipinski definition) is 3. The van der Waals surface area contributed by atoms with Crippen molar-refractivity contribution in [2.75, 3.05) is 76.4 Å². The summed E-state index contributed by atoms with van der Waals surface area (Å²) in [7, 11) is 6.02. The number of aryl methyl sites for hydroxylation is 3. The lowest BCUT2D eigenvalue weighted by atomic mass is 9.96. The molecule has 12 rings (SSSR count). The zero-order valence-electron chi connectivity index (χ0n) is 54.1. The first-order valence-corrected chi connectivity index (χ1v) is 33.0. The van der Waals surface area contributed by atoms with Crippen molar-refractivity contribution in [1.29, 1.82) is 0 Å². The molecule has 9 aromatic rings. The molecule has 0 radical (unpaired) electrons. The number of carbonyl (C=O) groups excluding carboxylic acids is 6. The van der Waals surface area contributed by atoms with Gasteiger partial charge in [0, 0.05) is 138 Å². The number of carbonyl (C=O) groups is 6. The van der Waals surface area contributed by atoms with Crippen LogP contribution < -0.4 is 16.0 Å². The zero-order valence-corrected chi connectivity index (χ0v) is 57.9. The van der Waals surface area contributed by atoms with Crippen molar-refractivity contribution in [1.82, 2.24) is 29.7 Å². The third-order valence-electron chi connectivity index (χ3n) is 16.1. The van der Waals surface area contributed by atoms with Crippen LogP contribution >= 0.6 is 50.7 Å². The number of likely N-dealkylation sites (N-methyl/N-ethyl adjacent to an activating group) is 3. The van der Waals surface area contributed by atoms with Crippen LogP contribution in [0, 0.1) is 20.8 Å². The van der Waals surface area contributed by atoms with E-state index in [1.807, 2.05) is 133 Å². The van der Waals surface area contributed by atoms with Gasteiger partial charge in [0.2, 0.25) is 0 Å². The smallest absolute Gasteiger partial charge is 0.257 e. The minimum Gasteiger partial charge on any atom is -0.358 e. The molecule has 0 aliphatic carbocycles. The fraction of sp³-hybridized carbons (Fsp3) is 0.200. The molecule has 6 aromatic carbocycles. The van der Waals surface area contributed by atoms with Gasteiger partial charge in [0.25, 0.3) is 17.7 Å². The Kier molecular flexibility index (Phi) is 23.1. The van der Waals surface area contributed by atoms with Crippen LogP contribution in [0.5, 0.6) is 0 Å². The molecule has 0 spiro atoms. The van der Waals surface area contributed by atoms with Gasteiger partial charge < -0.3 is 30.7 Å². The fourth-order valence-electron chi connectivity index (χ4n) is 10.9. The summed E-state index contributed by atoms with van der Waals surface area (Å²) in [5, 5.41) is 9.65.